The van der Waals surface area contributed by atoms with Crippen LogP contribution >= 0.6 is 11.3 Å². The molecule has 0 aliphatic rings. The summed E-state index contributed by atoms with van der Waals surface area (Å²) in [5.41, 5.74) is 7.00. The number of guanidine groups is 1. The van der Waals surface area contributed by atoms with E-state index >= 15 is 0 Å². The van der Waals surface area contributed by atoms with Gasteiger partial charge in [0.15, 0.2) is 11.1 Å². The average Bonchev–Trinajstić information content (AvgIpc) is 2.97. The molecule has 0 fully saturated rings. The Hall–Kier alpha value is -2.94. The Kier molecular flexibility index (Phi) is 6.47. The second-order valence-electron chi connectivity index (χ2n) is 5.25. The minimum atomic E-state index is -0.756. The number of rotatable bonds is 6. The van der Waals surface area contributed by atoms with Crippen LogP contribution in [0.15, 0.2) is 30.5 Å². The summed E-state index contributed by atoms with van der Waals surface area (Å²) in [6.45, 7) is 1.55. The lowest BCUT2D eigenvalue weighted by atomic mass is 10.1. The molecule has 1 aromatic carbocycles. The second kappa shape index (κ2) is 8.78. The van der Waals surface area contributed by atoms with E-state index in [0.717, 1.165) is 28.8 Å². The Bertz CT molecular complexity index is 775. The van der Waals surface area contributed by atoms with E-state index in [1.54, 1.807) is 6.20 Å². The number of ether oxygens (including phenoxy) is 1. The van der Waals surface area contributed by atoms with Crippen LogP contribution in [0.3, 0.4) is 0 Å². The van der Waals surface area contributed by atoms with E-state index in [0.29, 0.717) is 5.13 Å². The van der Waals surface area contributed by atoms with Gasteiger partial charge in [0.1, 0.15) is 6.61 Å². The van der Waals surface area contributed by atoms with Crippen LogP contribution in [0.25, 0.3) is 0 Å². The highest BCUT2D eigenvalue weighted by Gasteiger charge is 2.06. The number of nitrogens with zero attached hydrogens (tertiary/aromatic N) is 1. The number of aromatic nitrogens is 1. The minimum Gasteiger partial charge on any atom is -0.444 e. The van der Waals surface area contributed by atoms with E-state index in [9.17, 15) is 9.59 Å². The highest BCUT2D eigenvalue weighted by molar-refractivity contribution is 7.15. The molecular formula is C16H19N5O3S. The zero-order chi connectivity index (χ0) is 18.2. The third-order valence-electron chi connectivity index (χ3n) is 3.09. The molecule has 1 aromatic heterocycles. The van der Waals surface area contributed by atoms with Crippen LogP contribution in [-0.4, -0.2) is 22.9 Å². The fourth-order valence-electron chi connectivity index (χ4n) is 2.07. The van der Waals surface area contributed by atoms with Crippen molar-refractivity contribution in [1.29, 1.82) is 5.41 Å². The summed E-state index contributed by atoms with van der Waals surface area (Å²) in [6, 6.07) is 7.70. The highest BCUT2D eigenvalue weighted by atomic mass is 32.1. The van der Waals surface area contributed by atoms with Crippen molar-refractivity contribution in [1.82, 2.24) is 10.3 Å². The van der Waals surface area contributed by atoms with E-state index in [1.165, 1.54) is 18.3 Å². The number of thiazole rings is 1. The summed E-state index contributed by atoms with van der Waals surface area (Å²) in [4.78, 5) is 27.5. The first kappa shape index (κ1) is 18.4. The Morgan fingerprint density at radius 1 is 1.32 bits per heavy atom. The molecule has 2 aromatic rings. The third kappa shape index (κ3) is 6.60. The van der Waals surface area contributed by atoms with Crippen molar-refractivity contribution in [3.8, 4) is 0 Å². The van der Waals surface area contributed by atoms with Crippen molar-refractivity contribution in [2.24, 2.45) is 5.73 Å². The van der Waals surface area contributed by atoms with Gasteiger partial charge in [0, 0.05) is 18.0 Å². The Morgan fingerprint density at radius 3 is 2.80 bits per heavy atom. The third-order valence-corrected chi connectivity index (χ3v) is 4.07. The van der Waals surface area contributed by atoms with Crippen molar-refractivity contribution in [2.45, 2.75) is 26.4 Å². The van der Waals surface area contributed by atoms with Gasteiger partial charge in [-0.2, -0.15) is 0 Å². The molecule has 8 nitrogen and oxygen atoms in total. The summed E-state index contributed by atoms with van der Waals surface area (Å²) >= 11 is 1.45. The van der Waals surface area contributed by atoms with Crippen molar-refractivity contribution < 1.29 is 14.3 Å². The molecule has 0 saturated heterocycles. The molecule has 132 valence electrons. The zero-order valence-electron chi connectivity index (χ0n) is 13.7. The molecule has 2 rings (SSSR count). The number of anilines is 1. The lowest BCUT2D eigenvalue weighted by Gasteiger charge is -2.07. The van der Waals surface area contributed by atoms with Gasteiger partial charge in [-0.15, -0.1) is 11.3 Å². The molecule has 0 atom stereocenters. The molecule has 0 aliphatic carbocycles. The summed E-state index contributed by atoms with van der Waals surface area (Å²) in [6.07, 6.45) is 2.60. The molecule has 1 heterocycles. The van der Waals surface area contributed by atoms with Crippen molar-refractivity contribution >= 4 is 34.4 Å². The predicted molar refractivity (Wildman–Crippen MR) is 95.5 cm³/mol. The van der Waals surface area contributed by atoms with Gasteiger partial charge >= 0.3 is 6.09 Å². The monoisotopic (exact) mass is 361 g/mol. The Labute approximate surface area is 148 Å². The number of carbonyl (C=O) groups excluding carboxylic acids is 2. The van der Waals surface area contributed by atoms with Crippen LogP contribution in [0.4, 0.5) is 9.93 Å². The van der Waals surface area contributed by atoms with Gasteiger partial charge in [-0.1, -0.05) is 24.3 Å². The lowest BCUT2D eigenvalue weighted by molar-refractivity contribution is -0.114. The van der Waals surface area contributed by atoms with Gasteiger partial charge in [0.05, 0.1) is 0 Å². The molecule has 2 amide bonds. The van der Waals surface area contributed by atoms with Gasteiger partial charge in [-0.05, 0) is 24.0 Å². The van der Waals surface area contributed by atoms with Gasteiger partial charge in [-0.25, -0.2) is 9.78 Å². The number of nitrogens with two attached hydrogens (primary N) is 1. The average molecular weight is 361 g/mol. The maximum Gasteiger partial charge on any atom is 0.414 e. The molecule has 0 radical (unpaired) electrons. The topological polar surface area (TPSA) is 130 Å². The van der Waals surface area contributed by atoms with E-state index < -0.39 is 12.1 Å². The Morgan fingerprint density at radius 2 is 2.08 bits per heavy atom. The number of benzene rings is 1. The normalized spacial score (nSPS) is 10.1. The predicted octanol–water partition coefficient (Wildman–Crippen LogP) is 2.01. The summed E-state index contributed by atoms with van der Waals surface area (Å²) in [5, 5.41) is 12.3. The van der Waals surface area contributed by atoms with Gasteiger partial charge in [0.25, 0.3) is 0 Å². The second-order valence-corrected chi connectivity index (χ2v) is 6.36. The standard InChI is InChI=1S/C16H19N5O3S/c1-10(22)20-15-19-8-13(25-15)6-5-11-3-2-4-12(7-11)9-24-16(23)21-14(17)18/h2-4,7-8H,5-6,9H2,1H3,(H,19,20,22)(H4,17,18,21,23). The quantitative estimate of drug-likeness (QED) is 0.462. The SMILES string of the molecule is CC(=O)Nc1ncc(CCc2cccc(COC(=O)NC(=N)N)c2)s1. The first-order chi connectivity index (χ1) is 11.9. The highest BCUT2D eigenvalue weighted by Crippen LogP contribution is 2.20. The summed E-state index contributed by atoms with van der Waals surface area (Å²) in [5.74, 6) is -0.593. The van der Waals surface area contributed by atoms with Crippen LogP contribution in [0.5, 0.6) is 0 Å². The van der Waals surface area contributed by atoms with E-state index in [4.69, 9.17) is 15.9 Å². The molecule has 0 aliphatic heterocycles. The zero-order valence-corrected chi connectivity index (χ0v) is 14.5. The van der Waals surface area contributed by atoms with E-state index in [-0.39, 0.29) is 12.5 Å². The fourth-order valence-corrected chi connectivity index (χ4v) is 2.93. The fraction of sp³-hybridized carbons (Fsp3) is 0.250. The number of nitrogens with one attached hydrogen (secondary N) is 3. The first-order valence-corrected chi connectivity index (χ1v) is 8.32. The van der Waals surface area contributed by atoms with Crippen LogP contribution in [0.2, 0.25) is 0 Å². The first-order valence-electron chi connectivity index (χ1n) is 7.50. The summed E-state index contributed by atoms with van der Waals surface area (Å²) < 4.78 is 4.98. The smallest absolute Gasteiger partial charge is 0.414 e. The van der Waals surface area contributed by atoms with Crippen LogP contribution in [0, 0.1) is 5.41 Å². The van der Waals surface area contributed by atoms with E-state index in [2.05, 4.69) is 15.6 Å². The van der Waals surface area contributed by atoms with Crippen LogP contribution in [0.1, 0.15) is 22.9 Å². The maximum atomic E-state index is 11.3. The number of amides is 2. The molecule has 25 heavy (non-hydrogen) atoms. The number of aryl methyl sites for hydroxylation is 2. The number of hydrogen-bond donors (Lipinski definition) is 4. The van der Waals surface area contributed by atoms with Crippen LogP contribution in [-0.2, 0) is 29.0 Å². The molecule has 0 bridgehead atoms. The number of carbonyl (C=O) groups is 2. The summed E-state index contributed by atoms with van der Waals surface area (Å²) in [7, 11) is 0. The molecular weight excluding hydrogens is 342 g/mol. The maximum absolute atomic E-state index is 11.3. The van der Waals surface area contributed by atoms with Gasteiger partial charge in [0.2, 0.25) is 5.91 Å². The minimum absolute atomic E-state index is 0.0974. The van der Waals surface area contributed by atoms with Crippen molar-refractivity contribution in [2.75, 3.05) is 5.32 Å². The molecule has 0 spiro atoms. The lowest BCUT2D eigenvalue weighted by Crippen LogP contribution is -2.35. The number of hydrogen-bond acceptors (Lipinski definition) is 6. The number of alkyl carbamates (subject to hydrolysis) is 1. The molecule has 0 saturated carbocycles. The van der Waals surface area contributed by atoms with Crippen LogP contribution < -0.4 is 16.4 Å². The van der Waals surface area contributed by atoms with Gasteiger partial charge in [-0.3, -0.25) is 15.5 Å². The Balaban J connectivity index is 1.86. The van der Waals surface area contributed by atoms with E-state index in [1.807, 2.05) is 24.3 Å². The van der Waals surface area contributed by atoms with Crippen molar-refractivity contribution in [3.63, 3.8) is 0 Å². The van der Waals surface area contributed by atoms with Crippen molar-refractivity contribution in [3.05, 3.63) is 46.5 Å². The molecule has 9 heteroatoms. The molecule has 5 N–H and O–H groups in total. The largest absolute Gasteiger partial charge is 0.444 e. The van der Waals surface area contributed by atoms with Gasteiger partial charge < -0.3 is 15.8 Å². The molecule has 0 unspecified atom stereocenters.